The average molecular weight is 844 g/mol. The van der Waals surface area contributed by atoms with Gasteiger partial charge < -0.3 is 45.0 Å². The van der Waals surface area contributed by atoms with Crippen LogP contribution >= 0.6 is 36.7 Å². The number of rotatable bonds is 15. The van der Waals surface area contributed by atoms with E-state index in [4.69, 9.17) is 41.4 Å². The van der Waals surface area contributed by atoms with Crippen LogP contribution in [0, 0.1) is 14.3 Å². The zero-order valence-corrected chi connectivity index (χ0v) is 37.4. The number of aliphatic carboxylic acids is 2. The fourth-order valence-electron chi connectivity index (χ4n) is 5.77. The number of nitrogens with zero attached hydrogens (tertiary/aromatic N) is 6. The van der Waals surface area contributed by atoms with E-state index in [1.807, 2.05) is 24.3 Å². The van der Waals surface area contributed by atoms with Crippen LogP contribution in [0.25, 0.3) is 11.4 Å². The molecule has 1 amide bonds. The van der Waals surface area contributed by atoms with Gasteiger partial charge >= 0.3 is 59.1 Å². The van der Waals surface area contributed by atoms with Crippen molar-refractivity contribution < 1.29 is 88.4 Å². The number of carbonyl (C=O) groups excluding carboxylic acids is 3. The van der Waals surface area contributed by atoms with E-state index < -0.39 is 29.9 Å². The second kappa shape index (κ2) is 20.2. The number of carboxylic acid groups (broad SMARTS) is 2. The van der Waals surface area contributed by atoms with Crippen molar-refractivity contribution in [3.05, 3.63) is 117 Å². The molecule has 6 aromatic rings. The van der Waals surface area contributed by atoms with E-state index in [1.54, 1.807) is 65.2 Å². The van der Waals surface area contributed by atoms with Gasteiger partial charge in [-0.25, -0.2) is 4.68 Å². The van der Waals surface area contributed by atoms with Crippen LogP contribution in [0.4, 0.5) is 22.7 Å². The van der Waals surface area contributed by atoms with E-state index in [0.29, 0.717) is 38.0 Å². The molecule has 0 spiro atoms. The Balaban J connectivity index is 0.00000360. The van der Waals surface area contributed by atoms with Crippen molar-refractivity contribution in [1.82, 2.24) is 35.0 Å². The quantitative estimate of drug-likeness (QED) is 0.0390. The molecule has 4 aromatic carbocycles. The Kier molecular flexibility index (Phi) is 15.9. The standard InChI is InChI=1S/C35H33N11O6S3.2Na/c1-43(23-10-3-7-20(15-23)30(47)37-22-9-5-13-26(17-22)46-35(55)40-41-42-46)28(31(48)49)29(32(50)51)44(2)24-11-6-14-27(18-24)52-19-36-21-8-4-12-25(16-21)45-33(53)38-39-34(45)54;;/h3-18,28-29,36H,19H2,1-2H3,(H,37,47)(H,38,53)(H,39,54)(H,48,49)(H,50,51)(H,40,42,55);;/q;2*+1/p-2. The fraction of sp³-hybridized carbons (Fsp3) is 0.143. The number of carboxylic acids is 2. The fourth-order valence-corrected chi connectivity index (χ4v) is 6.51. The van der Waals surface area contributed by atoms with Gasteiger partial charge in [-0.05, 0) is 103 Å². The SMILES string of the molecule is CN(c1cccc(OCNc2cccc(-n3c(=S)[nH][nH]c3=S)c2)c1)C(C(=O)[O-])C(C(=O)[O-])N(C)c1cccc(C(=O)Nc2cccc(-n3[nH]nnc3=S)c2)c1.[Na+].[Na+]. The second-order valence-corrected chi connectivity index (χ2v) is 13.1. The summed E-state index contributed by atoms with van der Waals surface area (Å²) in [5, 5.41) is 46.9. The first-order valence-corrected chi connectivity index (χ1v) is 17.5. The molecule has 0 aliphatic heterocycles. The van der Waals surface area contributed by atoms with E-state index in [2.05, 4.69) is 36.4 Å². The van der Waals surface area contributed by atoms with E-state index in [0.717, 1.165) is 5.69 Å². The summed E-state index contributed by atoms with van der Waals surface area (Å²) in [4.78, 5) is 41.1. The van der Waals surface area contributed by atoms with Crippen molar-refractivity contribution in [1.29, 1.82) is 0 Å². The van der Waals surface area contributed by atoms with Crippen LogP contribution in [0.1, 0.15) is 10.4 Å². The zero-order valence-electron chi connectivity index (χ0n) is 31.0. The Labute approximate surface area is 384 Å². The van der Waals surface area contributed by atoms with Crippen LogP contribution in [0.15, 0.2) is 97.1 Å². The second-order valence-electron chi connectivity index (χ2n) is 11.9. The van der Waals surface area contributed by atoms with Crippen LogP contribution in [0.3, 0.4) is 0 Å². The zero-order chi connectivity index (χ0) is 39.2. The molecule has 2 aromatic heterocycles. The number of aromatic nitrogens is 7. The van der Waals surface area contributed by atoms with Crippen LogP contribution in [-0.4, -0.2) is 85.7 Å². The molecule has 22 heteroatoms. The van der Waals surface area contributed by atoms with E-state index in [9.17, 15) is 24.6 Å². The molecule has 2 atom stereocenters. The molecule has 282 valence electrons. The van der Waals surface area contributed by atoms with Crippen molar-refractivity contribution in [2.45, 2.75) is 12.1 Å². The van der Waals surface area contributed by atoms with Gasteiger partial charge in [-0.2, -0.15) is 5.21 Å². The molecule has 0 saturated carbocycles. The first-order chi connectivity index (χ1) is 26.4. The largest absolute Gasteiger partial charge is 1.00 e. The minimum absolute atomic E-state index is 0. The Bertz CT molecular complexity index is 2530. The van der Waals surface area contributed by atoms with E-state index in [-0.39, 0.29) is 81.9 Å². The summed E-state index contributed by atoms with van der Waals surface area (Å²) in [6.07, 6.45) is 0. The third-order valence-corrected chi connectivity index (χ3v) is 9.33. The molecule has 0 aliphatic rings. The third kappa shape index (κ3) is 10.7. The molecule has 17 nitrogen and oxygen atoms in total. The van der Waals surface area contributed by atoms with Gasteiger partial charge in [0.25, 0.3) is 5.91 Å². The van der Waals surface area contributed by atoms with Crippen molar-refractivity contribution in [3.8, 4) is 17.1 Å². The number of carbonyl (C=O) groups is 3. The van der Waals surface area contributed by atoms with Gasteiger partial charge in [0.2, 0.25) is 4.77 Å². The number of benzene rings is 4. The molecule has 0 bridgehead atoms. The van der Waals surface area contributed by atoms with Crippen molar-refractivity contribution >= 4 is 77.2 Å². The van der Waals surface area contributed by atoms with Gasteiger partial charge in [0.15, 0.2) is 16.3 Å². The number of likely N-dealkylation sites (N-methyl/N-ethyl adjacent to an activating group) is 2. The molecule has 0 radical (unpaired) electrons. The number of ether oxygens (including phenoxy) is 1. The Morgan fingerprint density at radius 2 is 1.33 bits per heavy atom. The number of hydrogen-bond donors (Lipinski definition) is 5. The molecule has 0 aliphatic carbocycles. The Hall–Kier alpha value is -4.64. The van der Waals surface area contributed by atoms with Crippen LogP contribution < -0.4 is 94.5 Å². The number of hydrogen-bond acceptors (Lipinski definition) is 14. The van der Waals surface area contributed by atoms with E-state index >= 15 is 0 Å². The summed E-state index contributed by atoms with van der Waals surface area (Å²) in [5.41, 5.74) is 3.19. The summed E-state index contributed by atoms with van der Waals surface area (Å²) >= 11 is 15.7. The normalized spacial score (nSPS) is 11.5. The summed E-state index contributed by atoms with van der Waals surface area (Å²) in [7, 11) is 2.82. The van der Waals surface area contributed by atoms with Gasteiger partial charge in [-0.1, -0.05) is 34.6 Å². The molecule has 2 heterocycles. The molecule has 5 N–H and O–H groups in total. The molecule has 0 saturated heterocycles. The number of anilines is 4. The van der Waals surface area contributed by atoms with Crippen molar-refractivity contribution in [2.24, 2.45) is 0 Å². The van der Waals surface area contributed by atoms with E-state index in [1.165, 1.54) is 40.7 Å². The number of tetrazole rings is 1. The first kappa shape index (κ1) is 45.1. The predicted octanol–water partition coefficient (Wildman–Crippen LogP) is -3.25. The van der Waals surface area contributed by atoms with Crippen LogP contribution in [-0.2, 0) is 9.59 Å². The van der Waals surface area contributed by atoms with Crippen molar-refractivity contribution in [2.75, 3.05) is 41.3 Å². The van der Waals surface area contributed by atoms with Gasteiger partial charge in [-0.3, -0.25) is 19.6 Å². The molecule has 57 heavy (non-hydrogen) atoms. The smallest absolute Gasteiger partial charge is 0.548 e. The maximum atomic E-state index is 13.3. The maximum Gasteiger partial charge on any atom is 1.00 e. The maximum absolute atomic E-state index is 13.3. The average Bonchev–Trinajstić information content (AvgIpc) is 3.76. The minimum atomic E-state index is -1.77. The summed E-state index contributed by atoms with van der Waals surface area (Å²) in [6, 6.07) is 23.1. The molecular weight excluding hydrogens is 813 g/mol. The minimum Gasteiger partial charge on any atom is -0.548 e. The van der Waals surface area contributed by atoms with Gasteiger partial charge in [-0.15, -0.1) is 0 Å². The summed E-state index contributed by atoms with van der Waals surface area (Å²) in [6.45, 7) is 0.0296. The number of H-pyrrole nitrogens is 3. The number of amides is 1. The van der Waals surface area contributed by atoms with Crippen molar-refractivity contribution in [3.63, 3.8) is 0 Å². The Morgan fingerprint density at radius 1 is 0.772 bits per heavy atom. The topological polar surface area (TPSA) is 220 Å². The predicted molar refractivity (Wildman–Crippen MR) is 207 cm³/mol. The van der Waals surface area contributed by atoms with Gasteiger partial charge in [0, 0.05) is 48.5 Å². The molecular formula is C35H31N11Na2O6S3. The molecule has 6 rings (SSSR count). The first-order valence-electron chi connectivity index (χ1n) is 16.3. The van der Waals surface area contributed by atoms with Crippen LogP contribution in [0.5, 0.6) is 5.75 Å². The Morgan fingerprint density at radius 3 is 1.95 bits per heavy atom. The monoisotopic (exact) mass is 843 g/mol. The molecule has 0 fully saturated rings. The number of nitrogens with one attached hydrogen (secondary N) is 5. The van der Waals surface area contributed by atoms with Gasteiger partial charge in [0.05, 0.1) is 35.4 Å². The summed E-state index contributed by atoms with van der Waals surface area (Å²) < 4.78 is 10.0. The number of aromatic amines is 3. The summed E-state index contributed by atoms with van der Waals surface area (Å²) in [5.74, 6) is -3.48. The molecule has 2 unspecified atom stereocenters. The van der Waals surface area contributed by atoms with Crippen LogP contribution in [0.2, 0.25) is 0 Å². The third-order valence-electron chi connectivity index (χ3n) is 8.49. The van der Waals surface area contributed by atoms with Gasteiger partial charge in [0.1, 0.15) is 5.75 Å².